The molecule has 2 aromatic carbocycles. The van der Waals surface area contributed by atoms with Crippen LogP contribution in [0.15, 0.2) is 54.7 Å². The summed E-state index contributed by atoms with van der Waals surface area (Å²) in [5, 5.41) is 4.03. The van der Waals surface area contributed by atoms with Gasteiger partial charge >= 0.3 is 0 Å². The Morgan fingerprint density at radius 1 is 1.17 bits per heavy atom. The van der Waals surface area contributed by atoms with Crippen molar-refractivity contribution < 1.29 is 4.79 Å². The number of aryl methyl sites for hydroxylation is 2. The van der Waals surface area contributed by atoms with Gasteiger partial charge in [-0.3, -0.25) is 4.79 Å². The molecule has 0 aliphatic heterocycles. The fourth-order valence-electron chi connectivity index (χ4n) is 2.86. The van der Waals surface area contributed by atoms with Gasteiger partial charge in [0.05, 0.1) is 0 Å². The summed E-state index contributed by atoms with van der Waals surface area (Å²) in [4.78, 5) is 12.4. The van der Waals surface area contributed by atoms with Crippen LogP contribution in [0.4, 0.5) is 5.69 Å². The molecule has 24 heavy (non-hydrogen) atoms. The second-order valence-corrected chi connectivity index (χ2v) is 6.16. The molecule has 4 heteroatoms. The number of nitrogens with zero attached hydrogens (tertiary/aromatic N) is 1. The van der Waals surface area contributed by atoms with E-state index < -0.39 is 6.04 Å². The number of hydrogen-bond acceptors (Lipinski definition) is 2. The highest BCUT2D eigenvalue weighted by Crippen LogP contribution is 2.22. The van der Waals surface area contributed by atoms with Crippen LogP contribution in [0.5, 0.6) is 0 Å². The van der Waals surface area contributed by atoms with E-state index in [0.29, 0.717) is 0 Å². The molecule has 1 atom stereocenters. The van der Waals surface area contributed by atoms with Gasteiger partial charge in [-0.1, -0.05) is 36.8 Å². The minimum absolute atomic E-state index is 0.203. The first kappa shape index (κ1) is 16.3. The van der Waals surface area contributed by atoms with E-state index in [2.05, 4.69) is 29.1 Å². The number of hydrogen-bond donors (Lipinski definition) is 2. The van der Waals surface area contributed by atoms with E-state index in [4.69, 9.17) is 5.73 Å². The van der Waals surface area contributed by atoms with Gasteiger partial charge < -0.3 is 15.6 Å². The summed E-state index contributed by atoms with van der Waals surface area (Å²) in [6.07, 6.45) is 3.17. The van der Waals surface area contributed by atoms with E-state index in [-0.39, 0.29) is 5.91 Å². The van der Waals surface area contributed by atoms with Crippen LogP contribution in [0.2, 0.25) is 0 Å². The van der Waals surface area contributed by atoms with Crippen LogP contribution in [0.25, 0.3) is 10.9 Å². The lowest BCUT2D eigenvalue weighted by Crippen LogP contribution is -2.27. The van der Waals surface area contributed by atoms with Crippen molar-refractivity contribution in [2.75, 3.05) is 5.32 Å². The molecule has 1 amide bonds. The van der Waals surface area contributed by atoms with Crippen molar-refractivity contribution in [1.82, 2.24) is 4.57 Å². The summed E-state index contributed by atoms with van der Waals surface area (Å²) in [6.45, 7) is 5.16. The van der Waals surface area contributed by atoms with Crippen LogP contribution < -0.4 is 11.1 Å². The number of amides is 1. The second kappa shape index (κ2) is 6.89. The molecule has 3 aromatic rings. The maximum absolute atomic E-state index is 12.4. The van der Waals surface area contributed by atoms with Crippen molar-refractivity contribution in [3.05, 3.63) is 65.9 Å². The number of fused-ring (bicyclic) bond motifs is 1. The molecule has 0 aliphatic rings. The van der Waals surface area contributed by atoms with Gasteiger partial charge in [-0.05, 0) is 43.2 Å². The molecule has 1 heterocycles. The van der Waals surface area contributed by atoms with Crippen molar-refractivity contribution in [3.63, 3.8) is 0 Å². The highest BCUT2D eigenvalue weighted by molar-refractivity contribution is 5.97. The van der Waals surface area contributed by atoms with Gasteiger partial charge in [0.15, 0.2) is 0 Å². The highest BCUT2D eigenvalue weighted by Gasteiger charge is 2.16. The molecule has 0 saturated heterocycles. The fraction of sp³-hybridized carbons (Fsp3) is 0.250. The first-order valence-corrected chi connectivity index (χ1v) is 8.30. The van der Waals surface area contributed by atoms with E-state index in [0.717, 1.165) is 35.2 Å². The molecule has 1 aromatic heterocycles. The summed E-state index contributed by atoms with van der Waals surface area (Å²) >= 11 is 0. The smallest absolute Gasteiger partial charge is 0.245 e. The average Bonchev–Trinajstić information content (AvgIpc) is 2.97. The van der Waals surface area contributed by atoms with Crippen molar-refractivity contribution in [2.24, 2.45) is 5.73 Å². The van der Waals surface area contributed by atoms with Crippen LogP contribution in [0.3, 0.4) is 0 Å². The first-order chi connectivity index (χ1) is 11.6. The number of aromatic nitrogens is 1. The quantitative estimate of drug-likeness (QED) is 0.746. The number of anilines is 1. The summed E-state index contributed by atoms with van der Waals surface area (Å²) in [6, 6.07) is 15.1. The van der Waals surface area contributed by atoms with Crippen molar-refractivity contribution >= 4 is 22.5 Å². The van der Waals surface area contributed by atoms with Gasteiger partial charge in [0.25, 0.3) is 0 Å². The normalized spacial score (nSPS) is 12.3. The molecule has 3 N–H and O–H groups in total. The second-order valence-electron chi connectivity index (χ2n) is 6.16. The first-order valence-electron chi connectivity index (χ1n) is 8.30. The third kappa shape index (κ3) is 3.34. The standard InChI is InChI=1S/C20H23N3O/c1-3-11-23-12-10-16-13-17(8-9-18(16)23)22-20(24)19(21)15-6-4-14(2)5-7-15/h4-10,12-13,19H,3,11,21H2,1-2H3,(H,22,24). The van der Waals surface area contributed by atoms with Crippen molar-refractivity contribution in [1.29, 1.82) is 0 Å². The lowest BCUT2D eigenvalue weighted by Gasteiger charge is -2.13. The molecule has 3 rings (SSSR count). The highest BCUT2D eigenvalue weighted by atomic mass is 16.2. The molecular weight excluding hydrogens is 298 g/mol. The summed E-state index contributed by atoms with van der Waals surface area (Å²) in [7, 11) is 0. The Bertz CT molecular complexity index is 849. The van der Waals surface area contributed by atoms with Crippen molar-refractivity contribution in [3.8, 4) is 0 Å². The molecule has 0 bridgehead atoms. The van der Waals surface area contributed by atoms with Crippen LogP contribution in [0, 0.1) is 6.92 Å². The summed E-state index contributed by atoms with van der Waals surface area (Å²) in [5.74, 6) is -0.203. The van der Waals surface area contributed by atoms with Gasteiger partial charge in [0, 0.05) is 29.3 Å². The Morgan fingerprint density at radius 3 is 2.62 bits per heavy atom. The Morgan fingerprint density at radius 2 is 1.92 bits per heavy atom. The Hall–Kier alpha value is -2.59. The third-order valence-electron chi connectivity index (χ3n) is 4.22. The minimum atomic E-state index is -0.675. The Kier molecular flexibility index (Phi) is 4.67. The fourth-order valence-corrected chi connectivity index (χ4v) is 2.86. The number of nitrogens with one attached hydrogen (secondary N) is 1. The van der Waals surface area contributed by atoms with E-state index in [1.807, 2.05) is 49.4 Å². The number of rotatable bonds is 5. The summed E-state index contributed by atoms with van der Waals surface area (Å²) in [5.41, 5.74) is 9.98. The molecule has 0 spiro atoms. The monoisotopic (exact) mass is 321 g/mol. The number of benzene rings is 2. The molecule has 0 fully saturated rings. The SMILES string of the molecule is CCCn1ccc2cc(NC(=O)C(N)c3ccc(C)cc3)ccc21. The number of nitrogens with two attached hydrogens (primary N) is 1. The third-order valence-corrected chi connectivity index (χ3v) is 4.22. The van der Waals surface area contributed by atoms with Crippen LogP contribution in [-0.4, -0.2) is 10.5 Å². The zero-order chi connectivity index (χ0) is 17.1. The molecule has 4 nitrogen and oxygen atoms in total. The Labute approximate surface area is 142 Å². The number of carbonyl (C=O) groups is 1. The zero-order valence-corrected chi connectivity index (χ0v) is 14.1. The van der Waals surface area contributed by atoms with Gasteiger partial charge in [0.2, 0.25) is 5.91 Å². The van der Waals surface area contributed by atoms with Gasteiger partial charge in [-0.25, -0.2) is 0 Å². The van der Waals surface area contributed by atoms with Gasteiger partial charge in [0.1, 0.15) is 6.04 Å². The van der Waals surface area contributed by atoms with E-state index >= 15 is 0 Å². The minimum Gasteiger partial charge on any atom is -0.347 e. The average molecular weight is 321 g/mol. The maximum Gasteiger partial charge on any atom is 0.245 e. The summed E-state index contributed by atoms with van der Waals surface area (Å²) < 4.78 is 2.22. The molecule has 0 radical (unpaired) electrons. The maximum atomic E-state index is 12.4. The van der Waals surface area contributed by atoms with Gasteiger partial charge in [-0.2, -0.15) is 0 Å². The lowest BCUT2D eigenvalue weighted by atomic mass is 10.1. The lowest BCUT2D eigenvalue weighted by molar-refractivity contribution is -0.117. The number of carbonyl (C=O) groups excluding carboxylic acids is 1. The van der Waals surface area contributed by atoms with Gasteiger partial charge in [-0.15, -0.1) is 0 Å². The predicted molar refractivity (Wildman–Crippen MR) is 99.0 cm³/mol. The molecule has 1 unspecified atom stereocenters. The van der Waals surface area contributed by atoms with Crippen molar-refractivity contribution in [2.45, 2.75) is 32.9 Å². The molecule has 0 aliphatic carbocycles. The molecular formula is C20H23N3O. The van der Waals surface area contributed by atoms with E-state index in [1.165, 1.54) is 5.52 Å². The zero-order valence-electron chi connectivity index (χ0n) is 14.1. The van der Waals surface area contributed by atoms with E-state index in [1.54, 1.807) is 0 Å². The predicted octanol–water partition coefficient (Wildman–Crippen LogP) is 4.00. The molecule has 0 saturated carbocycles. The van der Waals surface area contributed by atoms with Crippen LogP contribution in [0.1, 0.15) is 30.5 Å². The van der Waals surface area contributed by atoms with Crippen LogP contribution in [-0.2, 0) is 11.3 Å². The largest absolute Gasteiger partial charge is 0.347 e. The van der Waals surface area contributed by atoms with Crippen LogP contribution >= 0.6 is 0 Å². The molecule has 124 valence electrons. The topological polar surface area (TPSA) is 60.0 Å². The van der Waals surface area contributed by atoms with E-state index in [9.17, 15) is 4.79 Å². The Balaban J connectivity index is 1.76.